The number of hydrogen-bond acceptors (Lipinski definition) is 3. The Morgan fingerprint density at radius 2 is 2.18 bits per heavy atom. The Morgan fingerprint density at radius 3 is 2.82 bits per heavy atom. The van der Waals surface area contributed by atoms with Gasteiger partial charge in [-0.05, 0) is 53.9 Å². The Morgan fingerprint density at radius 1 is 1.45 bits per heavy atom. The van der Waals surface area contributed by atoms with Crippen molar-refractivity contribution in [1.82, 2.24) is 4.90 Å². The van der Waals surface area contributed by atoms with E-state index in [-0.39, 0.29) is 5.41 Å². The molecule has 0 aromatic heterocycles. The summed E-state index contributed by atoms with van der Waals surface area (Å²) in [4.78, 5) is 5.02. The van der Waals surface area contributed by atoms with Gasteiger partial charge in [0, 0.05) is 30.0 Å². The van der Waals surface area contributed by atoms with Gasteiger partial charge in [0.05, 0.1) is 19.0 Å². The first-order valence-electron chi connectivity index (χ1n) is 7.86. The van der Waals surface area contributed by atoms with E-state index in [0.717, 1.165) is 23.3 Å². The zero-order valence-corrected chi connectivity index (χ0v) is 15.7. The molecule has 0 spiro atoms. The molecule has 1 aromatic carbocycles. The maximum absolute atomic E-state index is 5.48. The second kappa shape index (κ2) is 5.57. The number of fused-ring (bicyclic) bond motifs is 3. The Hall–Kier alpha value is -1.00. The van der Waals surface area contributed by atoms with Gasteiger partial charge in [0.15, 0.2) is 0 Å². The van der Waals surface area contributed by atoms with Crippen LogP contribution in [-0.4, -0.2) is 38.3 Å². The minimum absolute atomic E-state index is 0.163. The van der Waals surface area contributed by atoms with Gasteiger partial charge in [-0.1, -0.05) is 18.6 Å². The van der Waals surface area contributed by atoms with E-state index in [1.54, 1.807) is 7.11 Å². The normalized spacial score (nSPS) is 26.8. The van der Waals surface area contributed by atoms with Crippen LogP contribution in [0.25, 0.3) is 0 Å². The number of anilines is 1. The number of ether oxygens (including phenoxy) is 1. The predicted molar refractivity (Wildman–Crippen MR) is 95.9 cm³/mol. The van der Waals surface area contributed by atoms with Gasteiger partial charge in [0.1, 0.15) is 5.75 Å². The van der Waals surface area contributed by atoms with Crippen LogP contribution in [0.5, 0.6) is 5.75 Å². The van der Waals surface area contributed by atoms with E-state index in [9.17, 15) is 0 Å². The summed E-state index contributed by atoms with van der Waals surface area (Å²) in [7, 11) is 3.95. The van der Waals surface area contributed by atoms with Gasteiger partial charge in [-0.25, -0.2) is 0 Å². The molecule has 0 saturated carbocycles. The SMILES string of the molecule is COc1cc(Br)c2c(c1)C1(C)CCN(CC=C(C)C)C1N2C. The Bertz CT molecular complexity index is 624. The molecule has 0 radical (unpaired) electrons. The molecule has 1 fully saturated rings. The summed E-state index contributed by atoms with van der Waals surface area (Å²) in [5.41, 5.74) is 4.27. The van der Waals surface area contributed by atoms with Crippen molar-refractivity contribution in [3.63, 3.8) is 0 Å². The Labute approximate surface area is 142 Å². The van der Waals surface area contributed by atoms with Gasteiger partial charge in [0.2, 0.25) is 0 Å². The highest BCUT2D eigenvalue weighted by atomic mass is 79.9. The number of nitrogens with zero attached hydrogens (tertiary/aromatic N) is 2. The van der Waals surface area contributed by atoms with Crippen LogP contribution in [0.15, 0.2) is 28.3 Å². The fourth-order valence-electron chi connectivity index (χ4n) is 4.08. The molecule has 2 atom stereocenters. The van der Waals surface area contributed by atoms with E-state index in [4.69, 9.17) is 4.74 Å². The first kappa shape index (κ1) is 15.9. The van der Waals surface area contributed by atoms with Crippen molar-refractivity contribution in [3.8, 4) is 5.75 Å². The quantitative estimate of drug-likeness (QED) is 0.748. The molecule has 120 valence electrons. The van der Waals surface area contributed by atoms with E-state index < -0.39 is 0 Å². The molecule has 3 nitrogen and oxygen atoms in total. The molecule has 0 N–H and O–H groups in total. The van der Waals surface area contributed by atoms with Crippen molar-refractivity contribution >= 4 is 21.6 Å². The summed E-state index contributed by atoms with van der Waals surface area (Å²) in [6.07, 6.45) is 3.94. The van der Waals surface area contributed by atoms with E-state index in [1.807, 2.05) is 0 Å². The Balaban J connectivity index is 2.03. The van der Waals surface area contributed by atoms with Gasteiger partial charge in [-0.2, -0.15) is 0 Å². The lowest BCUT2D eigenvalue weighted by Crippen LogP contribution is -2.47. The van der Waals surface area contributed by atoms with Crippen LogP contribution < -0.4 is 9.64 Å². The van der Waals surface area contributed by atoms with E-state index in [0.29, 0.717) is 6.17 Å². The van der Waals surface area contributed by atoms with Crippen LogP contribution in [0.1, 0.15) is 32.8 Å². The average molecular weight is 365 g/mol. The van der Waals surface area contributed by atoms with Crippen molar-refractivity contribution in [2.75, 3.05) is 32.1 Å². The second-order valence-electron chi connectivity index (χ2n) is 6.93. The molecule has 2 aliphatic heterocycles. The maximum atomic E-state index is 5.48. The van der Waals surface area contributed by atoms with Crippen LogP contribution in [0, 0.1) is 0 Å². The highest BCUT2D eigenvalue weighted by Crippen LogP contribution is 2.54. The third kappa shape index (κ3) is 2.28. The van der Waals surface area contributed by atoms with Gasteiger partial charge < -0.3 is 9.64 Å². The second-order valence-corrected chi connectivity index (χ2v) is 7.79. The van der Waals surface area contributed by atoms with Gasteiger partial charge in [-0.3, -0.25) is 4.90 Å². The molecular weight excluding hydrogens is 340 g/mol. The molecule has 0 amide bonds. The van der Waals surface area contributed by atoms with Gasteiger partial charge in [-0.15, -0.1) is 0 Å². The van der Waals surface area contributed by atoms with E-state index >= 15 is 0 Å². The van der Waals surface area contributed by atoms with E-state index in [2.05, 4.69) is 71.8 Å². The van der Waals surface area contributed by atoms with Crippen molar-refractivity contribution in [2.45, 2.75) is 38.8 Å². The number of rotatable bonds is 3. The average Bonchev–Trinajstić information content (AvgIpc) is 2.91. The molecule has 0 bridgehead atoms. The molecule has 1 aromatic rings. The number of likely N-dealkylation sites (N-methyl/N-ethyl adjacent to an activating group) is 1. The van der Waals surface area contributed by atoms with Gasteiger partial charge in [0.25, 0.3) is 0 Å². The van der Waals surface area contributed by atoms with Gasteiger partial charge >= 0.3 is 0 Å². The smallest absolute Gasteiger partial charge is 0.120 e. The number of allylic oxidation sites excluding steroid dienone is 1. The summed E-state index contributed by atoms with van der Waals surface area (Å²) in [5.74, 6) is 0.934. The first-order valence-corrected chi connectivity index (χ1v) is 8.66. The molecule has 1 saturated heterocycles. The highest BCUT2D eigenvalue weighted by Gasteiger charge is 2.53. The highest BCUT2D eigenvalue weighted by molar-refractivity contribution is 9.10. The minimum atomic E-state index is 0.163. The number of hydrogen-bond donors (Lipinski definition) is 0. The lowest BCUT2D eigenvalue weighted by molar-refractivity contribution is 0.244. The summed E-state index contributed by atoms with van der Waals surface area (Å²) >= 11 is 3.74. The molecule has 4 heteroatoms. The first-order chi connectivity index (χ1) is 10.4. The summed E-state index contributed by atoms with van der Waals surface area (Å²) in [6.45, 7) is 8.90. The van der Waals surface area contributed by atoms with Crippen LogP contribution >= 0.6 is 15.9 Å². The van der Waals surface area contributed by atoms with Crippen molar-refractivity contribution < 1.29 is 4.74 Å². The van der Waals surface area contributed by atoms with Crippen molar-refractivity contribution in [1.29, 1.82) is 0 Å². The number of halogens is 1. The zero-order chi connectivity index (χ0) is 16.1. The molecular formula is C18H25BrN2O. The molecule has 0 aliphatic carbocycles. The fraction of sp³-hybridized carbons (Fsp3) is 0.556. The lowest BCUT2D eigenvalue weighted by atomic mass is 9.81. The molecule has 22 heavy (non-hydrogen) atoms. The minimum Gasteiger partial charge on any atom is -0.497 e. The molecule has 2 unspecified atom stereocenters. The zero-order valence-electron chi connectivity index (χ0n) is 14.1. The molecule has 3 rings (SSSR count). The van der Waals surface area contributed by atoms with Crippen molar-refractivity contribution in [2.24, 2.45) is 0 Å². The van der Waals surface area contributed by atoms with Crippen LogP contribution in [0.2, 0.25) is 0 Å². The number of benzene rings is 1. The van der Waals surface area contributed by atoms with Crippen LogP contribution in [-0.2, 0) is 5.41 Å². The topological polar surface area (TPSA) is 15.7 Å². The van der Waals surface area contributed by atoms with E-state index in [1.165, 1.54) is 23.2 Å². The fourth-order valence-corrected chi connectivity index (χ4v) is 4.79. The Kier molecular flexibility index (Phi) is 4.02. The summed E-state index contributed by atoms with van der Waals surface area (Å²) in [5, 5.41) is 0. The lowest BCUT2D eigenvalue weighted by Gasteiger charge is -2.34. The maximum Gasteiger partial charge on any atom is 0.120 e. The largest absolute Gasteiger partial charge is 0.497 e. The number of likely N-dealkylation sites (tertiary alicyclic amines) is 1. The monoisotopic (exact) mass is 364 g/mol. The molecule has 2 aliphatic rings. The third-order valence-corrected chi connectivity index (χ3v) is 5.78. The standard InChI is InChI=1S/C18H25BrN2O/c1-12(2)6-8-21-9-7-18(3)14-10-13(22-5)11-15(19)16(14)20(4)17(18)21/h6,10-11,17H,7-9H2,1-5H3. The van der Waals surface area contributed by atoms with Crippen LogP contribution in [0.4, 0.5) is 5.69 Å². The van der Waals surface area contributed by atoms with Crippen molar-refractivity contribution in [3.05, 3.63) is 33.8 Å². The summed E-state index contributed by atoms with van der Waals surface area (Å²) in [6, 6.07) is 4.29. The molecule has 2 heterocycles. The summed E-state index contributed by atoms with van der Waals surface area (Å²) < 4.78 is 6.61. The predicted octanol–water partition coefficient (Wildman–Crippen LogP) is 4.16. The number of methoxy groups -OCH3 is 1. The van der Waals surface area contributed by atoms with Crippen LogP contribution in [0.3, 0.4) is 0 Å². The third-order valence-electron chi connectivity index (χ3n) is 5.18.